The summed E-state index contributed by atoms with van der Waals surface area (Å²) < 4.78 is 1.86. The monoisotopic (exact) mass is 471 g/mol. The third-order valence-corrected chi connectivity index (χ3v) is 7.15. The van der Waals surface area contributed by atoms with Crippen molar-refractivity contribution in [1.29, 1.82) is 0 Å². The quantitative estimate of drug-likeness (QED) is 0.570. The number of nitrogens with zero attached hydrogens (tertiary/aromatic N) is 4. The summed E-state index contributed by atoms with van der Waals surface area (Å²) in [7, 11) is 0. The fraction of sp³-hybridized carbons (Fsp3) is 0.393. The Balaban J connectivity index is 1.08. The lowest BCUT2D eigenvalue weighted by Crippen LogP contribution is -2.38. The second-order valence-electron chi connectivity index (χ2n) is 9.75. The lowest BCUT2D eigenvalue weighted by molar-refractivity contribution is -0.119. The molecular weight excluding hydrogens is 438 g/mol. The van der Waals surface area contributed by atoms with Gasteiger partial charge in [0.2, 0.25) is 5.91 Å². The number of carbonyl (C=O) groups is 2. The average molecular weight is 472 g/mol. The van der Waals surface area contributed by atoms with E-state index in [2.05, 4.69) is 46.5 Å². The van der Waals surface area contributed by atoms with Crippen molar-refractivity contribution < 1.29 is 9.59 Å². The number of hydrogen-bond acceptors (Lipinski definition) is 4. The molecule has 0 saturated carbocycles. The van der Waals surface area contributed by atoms with Crippen molar-refractivity contribution >= 4 is 17.6 Å². The Hall–Kier alpha value is -3.45. The molecule has 3 aromatic rings. The van der Waals surface area contributed by atoms with Gasteiger partial charge in [0.25, 0.3) is 5.91 Å². The van der Waals surface area contributed by atoms with Crippen molar-refractivity contribution in [3.8, 4) is 0 Å². The number of piperidine rings is 1. The minimum absolute atomic E-state index is 0.0363. The van der Waals surface area contributed by atoms with Crippen molar-refractivity contribution in [2.45, 2.75) is 45.8 Å². The largest absolute Gasteiger partial charge is 0.352 e. The molecule has 0 aliphatic carbocycles. The van der Waals surface area contributed by atoms with Crippen LogP contribution in [0.5, 0.6) is 0 Å². The number of carbonyl (C=O) groups excluding carboxylic acids is 2. The average Bonchev–Trinajstić information content (AvgIpc) is 3.36. The summed E-state index contributed by atoms with van der Waals surface area (Å²) in [6.45, 7) is 7.07. The maximum atomic E-state index is 12.7. The molecule has 2 aromatic carbocycles. The van der Waals surface area contributed by atoms with Crippen LogP contribution in [0.25, 0.3) is 0 Å². The van der Waals surface area contributed by atoms with E-state index in [0.717, 1.165) is 43.9 Å². The Morgan fingerprint density at radius 2 is 1.63 bits per heavy atom. The summed E-state index contributed by atoms with van der Waals surface area (Å²) in [6, 6.07) is 18.2. The van der Waals surface area contributed by atoms with Gasteiger partial charge in [-0.05, 0) is 62.0 Å². The summed E-state index contributed by atoms with van der Waals surface area (Å²) in [6.07, 6.45) is 4.39. The summed E-state index contributed by atoms with van der Waals surface area (Å²) in [4.78, 5) is 29.4. The molecule has 2 aliphatic rings. The SMILES string of the molecule is Cc1ccc(CN2CCC(CNC(=O)c3ccc(CN4C(=O)CCn5nccc54)cc3)CC2)cc1. The first-order valence-corrected chi connectivity index (χ1v) is 12.5. The van der Waals surface area contributed by atoms with E-state index in [1.165, 1.54) is 11.1 Å². The van der Waals surface area contributed by atoms with Gasteiger partial charge in [-0.3, -0.25) is 19.4 Å². The summed E-state index contributed by atoms with van der Waals surface area (Å²) in [5, 5.41) is 7.40. The first-order chi connectivity index (χ1) is 17.0. The minimum atomic E-state index is -0.0363. The number of fused-ring (bicyclic) bond motifs is 1. The van der Waals surface area contributed by atoms with Gasteiger partial charge < -0.3 is 5.32 Å². The molecule has 35 heavy (non-hydrogen) atoms. The minimum Gasteiger partial charge on any atom is -0.352 e. The Labute approximate surface area is 206 Å². The normalized spacial score (nSPS) is 16.8. The van der Waals surface area contributed by atoms with E-state index in [4.69, 9.17) is 0 Å². The summed E-state index contributed by atoms with van der Waals surface area (Å²) in [5.41, 5.74) is 4.30. The van der Waals surface area contributed by atoms with Crippen LogP contribution < -0.4 is 10.2 Å². The maximum absolute atomic E-state index is 12.7. The van der Waals surface area contributed by atoms with Crippen molar-refractivity contribution in [3.05, 3.63) is 83.0 Å². The molecule has 7 heteroatoms. The molecule has 2 aliphatic heterocycles. The number of anilines is 1. The molecule has 7 nitrogen and oxygen atoms in total. The Kier molecular flexibility index (Phi) is 6.95. The van der Waals surface area contributed by atoms with Crippen molar-refractivity contribution in [2.24, 2.45) is 5.92 Å². The molecule has 2 amide bonds. The van der Waals surface area contributed by atoms with Crippen LogP contribution in [0.1, 0.15) is 46.3 Å². The Morgan fingerprint density at radius 1 is 0.943 bits per heavy atom. The van der Waals surface area contributed by atoms with Crippen molar-refractivity contribution in [3.63, 3.8) is 0 Å². The van der Waals surface area contributed by atoms with Gasteiger partial charge in [-0.2, -0.15) is 5.10 Å². The molecule has 0 bridgehead atoms. The molecule has 0 spiro atoms. The van der Waals surface area contributed by atoms with Crippen LogP contribution in [0.2, 0.25) is 0 Å². The van der Waals surface area contributed by atoms with E-state index in [9.17, 15) is 9.59 Å². The van der Waals surface area contributed by atoms with E-state index < -0.39 is 0 Å². The zero-order valence-corrected chi connectivity index (χ0v) is 20.3. The van der Waals surface area contributed by atoms with Crippen LogP contribution in [0.3, 0.4) is 0 Å². The lowest BCUT2D eigenvalue weighted by atomic mass is 9.96. The highest BCUT2D eigenvalue weighted by molar-refractivity contribution is 5.95. The molecule has 1 N–H and O–H groups in total. The fourth-order valence-electron chi connectivity index (χ4n) is 4.94. The highest BCUT2D eigenvalue weighted by atomic mass is 16.2. The standard InChI is InChI=1S/C28H33N5O2/c1-21-2-4-23(5-3-21)19-31-15-11-22(12-16-31)18-29-28(35)25-8-6-24(7-9-25)20-32-26-10-14-30-33(26)17-13-27(32)34/h2-10,14,22H,11-13,15-20H2,1H3,(H,29,35). The summed E-state index contributed by atoms with van der Waals surface area (Å²) >= 11 is 0. The van der Waals surface area contributed by atoms with Gasteiger partial charge >= 0.3 is 0 Å². The first kappa shape index (κ1) is 23.3. The van der Waals surface area contributed by atoms with Crippen LogP contribution in [0.4, 0.5) is 5.82 Å². The van der Waals surface area contributed by atoms with E-state index >= 15 is 0 Å². The molecule has 3 heterocycles. The Morgan fingerprint density at radius 3 is 2.37 bits per heavy atom. The molecule has 1 aromatic heterocycles. The number of rotatable bonds is 7. The third kappa shape index (κ3) is 5.62. The predicted octanol–water partition coefficient (Wildman–Crippen LogP) is 3.77. The number of aryl methyl sites for hydroxylation is 2. The van der Waals surface area contributed by atoms with Gasteiger partial charge in [-0.25, -0.2) is 4.68 Å². The van der Waals surface area contributed by atoms with E-state index in [1.54, 1.807) is 11.1 Å². The van der Waals surface area contributed by atoms with Crippen LogP contribution in [-0.4, -0.2) is 46.1 Å². The number of amides is 2. The van der Waals surface area contributed by atoms with Gasteiger partial charge in [0.05, 0.1) is 19.3 Å². The van der Waals surface area contributed by atoms with E-state index in [-0.39, 0.29) is 11.8 Å². The third-order valence-electron chi connectivity index (χ3n) is 7.15. The van der Waals surface area contributed by atoms with Crippen LogP contribution in [0.15, 0.2) is 60.8 Å². The lowest BCUT2D eigenvalue weighted by Gasteiger charge is -2.32. The van der Waals surface area contributed by atoms with Gasteiger partial charge in [0, 0.05) is 31.1 Å². The number of hydrogen-bond donors (Lipinski definition) is 1. The molecular formula is C28H33N5O2. The van der Waals surface area contributed by atoms with Crippen LogP contribution in [0, 0.1) is 12.8 Å². The molecule has 0 unspecified atom stereocenters. The maximum Gasteiger partial charge on any atom is 0.251 e. The fourth-order valence-corrected chi connectivity index (χ4v) is 4.94. The summed E-state index contributed by atoms with van der Waals surface area (Å²) in [5.74, 6) is 1.41. The van der Waals surface area contributed by atoms with Crippen molar-refractivity contribution in [2.75, 3.05) is 24.5 Å². The second-order valence-corrected chi connectivity index (χ2v) is 9.75. The molecule has 182 valence electrons. The number of likely N-dealkylation sites (tertiary alicyclic amines) is 1. The number of aromatic nitrogens is 2. The second kappa shape index (κ2) is 10.4. The molecule has 1 saturated heterocycles. The highest BCUT2D eigenvalue weighted by Crippen LogP contribution is 2.23. The smallest absolute Gasteiger partial charge is 0.251 e. The van der Waals surface area contributed by atoms with E-state index in [0.29, 0.717) is 37.5 Å². The predicted molar refractivity (Wildman–Crippen MR) is 136 cm³/mol. The molecule has 0 atom stereocenters. The molecule has 1 fully saturated rings. The Bertz CT molecular complexity index is 1160. The molecule has 0 radical (unpaired) electrons. The van der Waals surface area contributed by atoms with E-state index in [1.807, 2.05) is 35.0 Å². The molecule has 5 rings (SSSR count). The first-order valence-electron chi connectivity index (χ1n) is 12.5. The van der Waals surface area contributed by atoms with Crippen molar-refractivity contribution in [1.82, 2.24) is 20.0 Å². The zero-order valence-electron chi connectivity index (χ0n) is 20.3. The number of benzene rings is 2. The highest BCUT2D eigenvalue weighted by Gasteiger charge is 2.25. The zero-order chi connectivity index (χ0) is 24.2. The van der Waals surface area contributed by atoms with Gasteiger partial charge in [-0.1, -0.05) is 42.0 Å². The van der Waals surface area contributed by atoms with Crippen LogP contribution >= 0.6 is 0 Å². The van der Waals surface area contributed by atoms with Gasteiger partial charge in [0.15, 0.2) is 0 Å². The number of nitrogens with one attached hydrogen (secondary N) is 1. The van der Waals surface area contributed by atoms with Crippen LogP contribution in [-0.2, 0) is 24.4 Å². The van der Waals surface area contributed by atoms with Gasteiger partial charge in [0.1, 0.15) is 5.82 Å². The topological polar surface area (TPSA) is 70.5 Å². The van der Waals surface area contributed by atoms with Gasteiger partial charge in [-0.15, -0.1) is 0 Å².